The van der Waals surface area contributed by atoms with Crippen molar-refractivity contribution >= 4 is 39.1 Å². The van der Waals surface area contributed by atoms with Crippen molar-refractivity contribution in [2.24, 2.45) is 0 Å². The molecule has 1 aliphatic heterocycles. The van der Waals surface area contributed by atoms with E-state index in [1.54, 1.807) is 16.1 Å². The minimum Gasteiger partial charge on any atom is -0.343 e. The van der Waals surface area contributed by atoms with Crippen LogP contribution in [0.4, 0.5) is 0 Å². The van der Waals surface area contributed by atoms with Crippen molar-refractivity contribution in [2.75, 3.05) is 13.1 Å². The number of aryl methyl sites for hydroxylation is 1. The van der Waals surface area contributed by atoms with E-state index in [-0.39, 0.29) is 5.91 Å². The molecule has 0 aliphatic carbocycles. The lowest BCUT2D eigenvalue weighted by Crippen LogP contribution is -2.37. The number of fused-ring (bicyclic) bond motifs is 1. The Bertz CT molecular complexity index is 1220. The maximum atomic E-state index is 12.7. The largest absolute Gasteiger partial charge is 0.343 e. The van der Waals surface area contributed by atoms with Crippen molar-refractivity contribution in [2.45, 2.75) is 38.1 Å². The monoisotopic (exact) mass is 466 g/mol. The number of hydrogen-bond donors (Lipinski definition) is 0. The Morgan fingerprint density at radius 2 is 1.94 bits per heavy atom. The van der Waals surface area contributed by atoms with Crippen molar-refractivity contribution < 1.29 is 4.79 Å². The Balaban J connectivity index is 1.10. The van der Waals surface area contributed by atoms with Crippen LogP contribution in [0.1, 0.15) is 36.6 Å². The molecule has 1 amide bonds. The number of benzene rings is 2. The fraction of sp³-hybridized carbons (Fsp3) is 0.348. The van der Waals surface area contributed by atoms with Crippen LogP contribution in [0.25, 0.3) is 21.6 Å². The third-order valence-corrected chi connectivity index (χ3v) is 7.23. The number of likely N-dealkylation sites (tertiary alicyclic amines) is 1. The van der Waals surface area contributed by atoms with Gasteiger partial charge in [0.15, 0.2) is 0 Å². The maximum Gasteiger partial charge on any atom is 0.222 e. The Labute approximate surface area is 195 Å². The summed E-state index contributed by atoms with van der Waals surface area (Å²) in [5, 5.41) is 14.5. The second-order valence-electron chi connectivity index (χ2n) is 8.00. The van der Waals surface area contributed by atoms with Gasteiger partial charge in [0.1, 0.15) is 0 Å². The SMILES string of the molecule is O=C(CCCn1nnc(-c2ccccc2)n1)N1CCC(c2nc3cc(Cl)ccc3s2)CC1. The molecule has 5 rings (SSSR count). The van der Waals surface area contributed by atoms with Crippen molar-refractivity contribution in [3.05, 3.63) is 58.6 Å². The van der Waals surface area contributed by atoms with Gasteiger partial charge in [0.2, 0.25) is 11.7 Å². The zero-order valence-corrected chi connectivity index (χ0v) is 19.1. The van der Waals surface area contributed by atoms with Crippen molar-refractivity contribution in [3.63, 3.8) is 0 Å². The van der Waals surface area contributed by atoms with Gasteiger partial charge in [-0.15, -0.1) is 21.5 Å². The summed E-state index contributed by atoms with van der Waals surface area (Å²) in [5.74, 6) is 1.21. The number of hydrogen-bond acceptors (Lipinski definition) is 6. The average Bonchev–Trinajstić information content (AvgIpc) is 3.47. The predicted molar refractivity (Wildman–Crippen MR) is 126 cm³/mol. The molecular weight excluding hydrogens is 444 g/mol. The highest BCUT2D eigenvalue weighted by atomic mass is 35.5. The molecule has 1 aliphatic rings. The van der Waals surface area contributed by atoms with Crippen LogP contribution in [0.5, 0.6) is 0 Å². The minimum atomic E-state index is 0.197. The molecule has 0 atom stereocenters. The number of nitrogens with zero attached hydrogens (tertiary/aromatic N) is 6. The van der Waals surface area contributed by atoms with Crippen LogP contribution in [-0.2, 0) is 11.3 Å². The van der Waals surface area contributed by atoms with Crippen LogP contribution in [-0.4, -0.2) is 49.1 Å². The van der Waals surface area contributed by atoms with E-state index in [0.29, 0.717) is 36.2 Å². The summed E-state index contributed by atoms with van der Waals surface area (Å²) in [7, 11) is 0. The Hall–Kier alpha value is -2.84. The molecule has 0 spiro atoms. The van der Waals surface area contributed by atoms with E-state index >= 15 is 0 Å². The molecule has 164 valence electrons. The molecule has 0 unspecified atom stereocenters. The molecule has 32 heavy (non-hydrogen) atoms. The van der Waals surface area contributed by atoms with Gasteiger partial charge in [-0.2, -0.15) is 4.80 Å². The molecule has 3 heterocycles. The molecule has 1 saturated heterocycles. The predicted octanol–water partition coefficient (Wildman–Crippen LogP) is 4.79. The molecule has 9 heteroatoms. The van der Waals surface area contributed by atoms with Crippen LogP contribution in [0.3, 0.4) is 0 Å². The van der Waals surface area contributed by atoms with Crippen LogP contribution in [0.2, 0.25) is 5.02 Å². The molecule has 0 N–H and O–H groups in total. The minimum absolute atomic E-state index is 0.197. The van der Waals surface area contributed by atoms with Crippen LogP contribution < -0.4 is 0 Å². The lowest BCUT2D eigenvalue weighted by Gasteiger charge is -2.31. The number of carbonyl (C=O) groups excluding carboxylic acids is 1. The molecule has 1 fully saturated rings. The molecule has 0 radical (unpaired) electrons. The molecule has 2 aromatic heterocycles. The summed E-state index contributed by atoms with van der Waals surface area (Å²) in [6, 6.07) is 15.6. The van der Waals surface area contributed by atoms with Gasteiger partial charge in [-0.3, -0.25) is 4.79 Å². The van der Waals surface area contributed by atoms with Gasteiger partial charge in [-0.25, -0.2) is 4.98 Å². The number of aromatic nitrogens is 5. The normalized spacial score (nSPS) is 14.8. The zero-order valence-electron chi connectivity index (χ0n) is 17.5. The van der Waals surface area contributed by atoms with E-state index in [1.807, 2.05) is 53.4 Å². The molecular formula is C23H23ClN6OS. The first-order valence-electron chi connectivity index (χ1n) is 10.8. The van der Waals surface area contributed by atoms with E-state index in [0.717, 1.165) is 42.0 Å². The summed E-state index contributed by atoms with van der Waals surface area (Å²) >= 11 is 7.82. The van der Waals surface area contributed by atoms with E-state index in [9.17, 15) is 4.79 Å². The van der Waals surface area contributed by atoms with Gasteiger partial charge in [0, 0.05) is 36.0 Å². The van der Waals surface area contributed by atoms with E-state index < -0.39 is 0 Å². The highest BCUT2D eigenvalue weighted by molar-refractivity contribution is 7.18. The lowest BCUT2D eigenvalue weighted by molar-refractivity contribution is -0.132. The highest BCUT2D eigenvalue weighted by Crippen LogP contribution is 2.34. The standard InChI is InChI=1S/C23H23ClN6OS/c24-18-8-9-20-19(15-18)25-23(32-20)17-10-13-29(14-11-17)21(31)7-4-12-30-27-22(26-28-30)16-5-2-1-3-6-16/h1-3,5-6,8-9,15,17H,4,7,10-14H2. The van der Waals surface area contributed by atoms with Crippen LogP contribution >= 0.6 is 22.9 Å². The van der Waals surface area contributed by atoms with Crippen LogP contribution in [0.15, 0.2) is 48.5 Å². The highest BCUT2D eigenvalue weighted by Gasteiger charge is 2.25. The van der Waals surface area contributed by atoms with Gasteiger partial charge in [-0.1, -0.05) is 41.9 Å². The molecule has 4 aromatic rings. The number of rotatable bonds is 6. The maximum absolute atomic E-state index is 12.7. The second-order valence-corrected chi connectivity index (χ2v) is 9.50. The summed E-state index contributed by atoms with van der Waals surface area (Å²) in [6.07, 6.45) is 3.09. The Morgan fingerprint density at radius 1 is 1.12 bits per heavy atom. The third-order valence-electron chi connectivity index (χ3n) is 5.80. The van der Waals surface area contributed by atoms with Crippen molar-refractivity contribution in [3.8, 4) is 11.4 Å². The number of carbonyl (C=O) groups is 1. The summed E-state index contributed by atoms with van der Waals surface area (Å²) < 4.78 is 1.17. The first-order valence-corrected chi connectivity index (χ1v) is 12.0. The second kappa shape index (κ2) is 9.34. The lowest BCUT2D eigenvalue weighted by atomic mass is 9.97. The quantitative estimate of drug-likeness (QED) is 0.408. The topological polar surface area (TPSA) is 76.8 Å². The fourth-order valence-electron chi connectivity index (χ4n) is 4.04. The fourth-order valence-corrected chi connectivity index (χ4v) is 5.32. The number of piperidine rings is 1. The average molecular weight is 467 g/mol. The van der Waals surface area contributed by atoms with E-state index in [2.05, 4.69) is 15.4 Å². The number of tetrazole rings is 1. The van der Waals surface area contributed by atoms with Gasteiger partial charge >= 0.3 is 0 Å². The number of amides is 1. The molecule has 7 nitrogen and oxygen atoms in total. The van der Waals surface area contributed by atoms with Gasteiger partial charge < -0.3 is 4.90 Å². The summed E-state index contributed by atoms with van der Waals surface area (Å²) in [6.45, 7) is 2.14. The Kier molecular flexibility index (Phi) is 6.14. The molecule has 2 aromatic carbocycles. The van der Waals surface area contributed by atoms with Gasteiger partial charge in [0.05, 0.1) is 21.8 Å². The van der Waals surface area contributed by atoms with Gasteiger partial charge in [0.25, 0.3) is 0 Å². The van der Waals surface area contributed by atoms with Crippen molar-refractivity contribution in [1.29, 1.82) is 0 Å². The summed E-state index contributed by atoms with van der Waals surface area (Å²) in [5.41, 5.74) is 1.90. The molecule has 0 saturated carbocycles. The zero-order chi connectivity index (χ0) is 21.9. The Morgan fingerprint density at radius 3 is 2.75 bits per heavy atom. The van der Waals surface area contributed by atoms with Gasteiger partial charge in [-0.05, 0) is 42.7 Å². The third kappa shape index (κ3) is 4.66. The summed E-state index contributed by atoms with van der Waals surface area (Å²) in [4.78, 5) is 21.0. The first-order chi connectivity index (χ1) is 15.7. The van der Waals surface area contributed by atoms with Crippen LogP contribution in [0, 0.1) is 0 Å². The number of thiazole rings is 1. The smallest absolute Gasteiger partial charge is 0.222 e. The number of halogens is 1. The van der Waals surface area contributed by atoms with E-state index in [1.165, 1.54) is 4.70 Å². The van der Waals surface area contributed by atoms with E-state index in [4.69, 9.17) is 16.6 Å². The van der Waals surface area contributed by atoms with Crippen molar-refractivity contribution in [1.82, 2.24) is 30.1 Å². The first kappa shape index (κ1) is 21.0. The molecule has 0 bridgehead atoms.